The second kappa shape index (κ2) is 8.45. The lowest BCUT2D eigenvalue weighted by Crippen LogP contribution is -2.12. The molecule has 0 aliphatic rings. The van der Waals surface area contributed by atoms with Crippen LogP contribution in [0.2, 0.25) is 0 Å². The van der Waals surface area contributed by atoms with Crippen molar-refractivity contribution in [1.82, 2.24) is 0 Å². The van der Waals surface area contributed by atoms with E-state index in [4.69, 9.17) is 9.47 Å². The maximum atomic E-state index is 11.6. The number of para-hydroxylation sites is 1. The Morgan fingerprint density at radius 1 is 1.05 bits per heavy atom. The van der Waals surface area contributed by atoms with Crippen molar-refractivity contribution in [2.24, 2.45) is 5.92 Å². The van der Waals surface area contributed by atoms with Crippen LogP contribution < -0.4 is 9.47 Å². The molecule has 0 bridgehead atoms. The van der Waals surface area contributed by atoms with Crippen LogP contribution in [0.1, 0.15) is 52.5 Å². The van der Waals surface area contributed by atoms with Crippen LogP contribution in [0.15, 0.2) is 18.2 Å². The summed E-state index contributed by atoms with van der Waals surface area (Å²) in [6.07, 6.45) is 2.31. The molecule has 0 saturated heterocycles. The molecule has 4 nitrogen and oxygen atoms in total. The van der Waals surface area contributed by atoms with E-state index >= 15 is 0 Å². The van der Waals surface area contributed by atoms with Crippen LogP contribution in [0, 0.1) is 5.92 Å². The molecule has 116 valence electrons. The van der Waals surface area contributed by atoms with Crippen LogP contribution in [-0.4, -0.2) is 11.9 Å². The molecule has 0 fully saturated rings. The summed E-state index contributed by atoms with van der Waals surface area (Å²) < 4.78 is 10.7. The zero-order chi connectivity index (χ0) is 15.8. The SMILES string of the molecule is CCC(=O)Oc1cccc(CCC(C)C)c1OC(=O)CC. The zero-order valence-corrected chi connectivity index (χ0v) is 13.3. The predicted molar refractivity (Wildman–Crippen MR) is 81.5 cm³/mol. The maximum Gasteiger partial charge on any atom is 0.311 e. The zero-order valence-electron chi connectivity index (χ0n) is 13.3. The molecule has 0 heterocycles. The Balaban J connectivity index is 3.07. The van der Waals surface area contributed by atoms with Gasteiger partial charge in [-0.3, -0.25) is 9.59 Å². The smallest absolute Gasteiger partial charge is 0.311 e. The molecular weight excluding hydrogens is 268 g/mol. The van der Waals surface area contributed by atoms with Crippen LogP contribution in [0.25, 0.3) is 0 Å². The Bertz CT molecular complexity index is 492. The molecule has 0 radical (unpaired) electrons. The molecule has 1 aromatic carbocycles. The quantitative estimate of drug-likeness (QED) is 0.565. The lowest BCUT2D eigenvalue weighted by Gasteiger charge is -2.14. The summed E-state index contributed by atoms with van der Waals surface area (Å²) in [4.78, 5) is 23.1. The van der Waals surface area contributed by atoms with E-state index in [1.54, 1.807) is 19.9 Å². The number of benzene rings is 1. The van der Waals surface area contributed by atoms with Gasteiger partial charge in [-0.05, 0) is 30.4 Å². The fourth-order valence-electron chi connectivity index (χ4n) is 1.78. The summed E-state index contributed by atoms with van der Waals surface area (Å²) in [6, 6.07) is 5.38. The van der Waals surface area contributed by atoms with Gasteiger partial charge >= 0.3 is 11.9 Å². The molecule has 1 rings (SSSR count). The number of carbonyl (C=O) groups is 2. The van der Waals surface area contributed by atoms with Crippen molar-refractivity contribution >= 4 is 11.9 Å². The van der Waals surface area contributed by atoms with Gasteiger partial charge in [-0.25, -0.2) is 0 Å². The fourth-order valence-corrected chi connectivity index (χ4v) is 1.78. The largest absolute Gasteiger partial charge is 0.423 e. The third-order valence-electron chi connectivity index (χ3n) is 3.07. The van der Waals surface area contributed by atoms with Crippen LogP contribution in [0.4, 0.5) is 0 Å². The summed E-state index contributed by atoms with van der Waals surface area (Å²) >= 11 is 0. The Morgan fingerprint density at radius 2 is 1.67 bits per heavy atom. The second-order valence-electron chi connectivity index (χ2n) is 5.33. The standard InChI is InChI=1S/C17H24O4/c1-5-15(18)20-14-9-7-8-13(11-10-12(3)4)17(14)21-16(19)6-2/h7-9,12H,5-6,10-11H2,1-4H3. The lowest BCUT2D eigenvalue weighted by molar-refractivity contribution is -0.136. The fraction of sp³-hybridized carbons (Fsp3) is 0.529. The average molecular weight is 292 g/mol. The molecule has 0 N–H and O–H groups in total. The van der Waals surface area contributed by atoms with Crippen LogP contribution in [0.5, 0.6) is 11.5 Å². The number of ether oxygens (including phenoxy) is 2. The van der Waals surface area contributed by atoms with Crippen molar-refractivity contribution in [3.8, 4) is 11.5 Å². The average Bonchev–Trinajstić information content (AvgIpc) is 2.46. The predicted octanol–water partition coefficient (Wildman–Crippen LogP) is 3.91. The van der Waals surface area contributed by atoms with Crippen LogP contribution in [-0.2, 0) is 16.0 Å². The van der Waals surface area contributed by atoms with E-state index in [0.717, 1.165) is 18.4 Å². The number of carbonyl (C=O) groups excluding carboxylic acids is 2. The van der Waals surface area contributed by atoms with Crippen molar-refractivity contribution < 1.29 is 19.1 Å². The van der Waals surface area contributed by atoms with Crippen molar-refractivity contribution in [2.75, 3.05) is 0 Å². The minimum atomic E-state index is -0.343. The highest BCUT2D eigenvalue weighted by molar-refractivity contribution is 5.76. The van der Waals surface area contributed by atoms with Gasteiger partial charge in [-0.1, -0.05) is 39.8 Å². The van der Waals surface area contributed by atoms with Crippen molar-refractivity contribution in [3.63, 3.8) is 0 Å². The van der Waals surface area contributed by atoms with Crippen LogP contribution >= 0.6 is 0 Å². The van der Waals surface area contributed by atoms with Gasteiger partial charge in [0.25, 0.3) is 0 Å². The lowest BCUT2D eigenvalue weighted by atomic mass is 10.0. The van der Waals surface area contributed by atoms with Gasteiger partial charge in [-0.2, -0.15) is 0 Å². The van der Waals surface area contributed by atoms with E-state index in [0.29, 0.717) is 17.4 Å². The number of hydrogen-bond donors (Lipinski definition) is 0. The van der Waals surface area contributed by atoms with Gasteiger partial charge in [0, 0.05) is 12.8 Å². The Labute approximate surface area is 126 Å². The third kappa shape index (κ3) is 5.58. The molecule has 21 heavy (non-hydrogen) atoms. The summed E-state index contributed by atoms with van der Waals surface area (Å²) in [6.45, 7) is 7.73. The highest BCUT2D eigenvalue weighted by Gasteiger charge is 2.16. The monoisotopic (exact) mass is 292 g/mol. The Morgan fingerprint density at radius 3 is 2.24 bits per heavy atom. The molecule has 0 unspecified atom stereocenters. The van der Waals surface area contributed by atoms with Gasteiger partial charge in [0.05, 0.1) is 0 Å². The van der Waals surface area contributed by atoms with Gasteiger partial charge in [0.15, 0.2) is 11.5 Å². The molecule has 0 aliphatic carbocycles. The summed E-state index contributed by atoms with van der Waals surface area (Å²) in [5.74, 6) is 0.573. The number of esters is 2. The number of rotatable bonds is 7. The van der Waals surface area contributed by atoms with E-state index in [-0.39, 0.29) is 24.8 Å². The van der Waals surface area contributed by atoms with E-state index in [2.05, 4.69) is 13.8 Å². The van der Waals surface area contributed by atoms with Gasteiger partial charge in [-0.15, -0.1) is 0 Å². The van der Waals surface area contributed by atoms with Gasteiger partial charge in [0.2, 0.25) is 0 Å². The van der Waals surface area contributed by atoms with Gasteiger partial charge < -0.3 is 9.47 Å². The topological polar surface area (TPSA) is 52.6 Å². The highest BCUT2D eigenvalue weighted by atomic mass is 16.6. The molecule has 0 atom stereocenters. The summed E-state index contributed by atoms with van der Waals surface area (Å²) in [7, 11) is 0. The number of aryl methyl sites for hydroxylation is 1. The van der Waals surface area contributed by atoms with Gasteiger partial charge in [0.1, 0.15) is 0 Å². The first-order chi connectivity index (χ1) is 9.97. The van der Waals surface area contributed by atoms with E-state index in [9.17, 15) is 9.59 Å². The van der Waals surface area contributed by atoms with E-state index in [1.807, 2.05) is 12.1 Å². The van der Waals surface area contributed by atoms with Crippen molar-refractivity contribution in [1.29, 1.82) is 0 Å². The second-order valence-corrected chi connectivity index (χ2v) is 5.33. The first kappa shape index (κ1) is 17.2. The van der Waals surface area contributed by atoms with E-state index in [1.165, 1.54) is 0 Å². The minimum Gasteiger partial charge on any atom is -0.423 e. The third-order valence-corrected chi connectivity index (χ3v) is 3.07. The molecule has 1 aromatic rings. The molecular formula is C17H24O4. The summed E-state index contributed by atoms with van der Waals surface area (Å²) in [5, 5.41) is 0. The molecule has 0 aromatic heterocycles. The summed E-state index contributed by atoms with van der Waals surface area (Å²) in [5.41, 5.74) is 0.895. The first-order valence-electron chi connectivity index (χ1n) is 7.51. The van der Waals surface area contributed by atoms with Crippen LogP contribution in [0.3, 0.4) is 0 Å². The maximum absolute atomic E-state index is 11.6. The molecule has 0 spiro atoms. The van der Waals surface area contributed by atoms with Crippen molar-refractivity contribution in [3.05, 3.63) is 23.8 Å². The van der Waals surface area contributed by atoms with Crippen molar-refractivity contribution in [2.45, 2.75) is 53.4 Å². The molecule has 0 aliphatic heterocycles. The number of hydrogen-bond acceptors (Lipinski definition) is 4. The van der Waals surface area contributed by atoms with E-state index < -0.39 is 0 Å². The Kier molecular flexibility index (Phi) is 6.92. The normalized spacial score (nSPS) is 10.5. The molecule has 0 amide bonds. The highest BCUT2D eigenvalue weighted by Crippen LogP contribution is 2.33. The minimum absolute atomic E-state index is 0.275. The molecule has 4 heteroatoms. The Hall–Kier alpha value is -1.84. The first-order valence-corrected chi connectivity index (χ1v) is 7.51. The molecule has 0 saturated carbocycles.